The molecule has 2 heterocycles. The van der Waals surface area contributed by atoms with Gasteiger partial charge in [-0.25, -0.2) is 0 Å². The van der Waals surface area contributed by atoms with E-state index in [9.17, 15) is 0 Å². The Morgan fingerprint density at radius 1 is 0.944 bits per heavy atom. The van der Waals surface area contributed by atoms with Gasteiger partial charge in [0.25, 0.3) is 0 Å². The fourth-order valence-electron chi connectivity index (χ4n) is 5.63. The van der Waals surface area contributed by atoms with Gasteiger partial charge < -0.3 is 0 Å². The van der Waals surface area contributed by atoms with Gasteiger partial charge in [0.2, 0.25) is 0 Å². The summed E-state index contributed by atoms with van der Waals surface area (Å²) < 4.78 is 0. The maximum absolute atomic E-state index is 6.30. The Hall–Kier alpha value is -3.20. The Labute approximate surface area is 222 Å². The second kappa shape index (κ2) is 10.0. The van der Waals surface area contributed by atoms with Crippen LogP contribution in [0.5, 0.6) is 0 Å². The van der Waals surface area contributed by atoms with Crippen molar-refractivity contribution in [3.8, 4) is 0 Å². The maximum atomic E-state index is 6.30. The average Bonchev–Trinajstić information content (AvgIpc) is 3.25. The molecule has 0 spiro atoms. The summed E-state index contributed by atoms with van der Waals surface area (Å²) in [7, 11) is 0. The molecule has 2 atom stereocenters. The molecule has 0 N–H and O–H groups in total. The number of thiophene rings is 1. The highest BCUT2D eigenvalue weighted by atomic mass is 35.5. The second-order valence-electron chi connectivity index (χ2n) is 9.74. The molecule has 0 saturated heterocycles. The Morgan fingerprint density at radius 3 is 2.69 bits per heavy atom. The van der Waals surface area contributed by atoms with Crippen molar-refractivity contribution in [3.63, 3.8) is 0 Å². The van der Waals surface area contributed by atoms with Crippen molar-refractivity contribution < 1.29 is 0 Å². The van der Waals surface area contributed by atoms with Gasteiger partial charge in [0.05, 0.1) is 0 Å². The average molecular weight is 506 g/mol. The third-order valence-electron chi connectivity index (χ3n) is 7.51. The minimum absolute atomic E-state index is 0.494. The molecule has 3 aliphatic rings. The molecule has 7 rings (SSSR count). The van der Waals surface area contributed by atoms with Crippen molar-refractivity contribution in [2.24, 2.45) is 10.9 Å². The van der Waals surface area contributed by atoms with Crippen LogP contribution in [0.25, 0.3) is 22.4 Å². The zero-order valence-electron chi connectivity index (χ0n) is 20.3. The topological polar surface area (TPSA) is 12.4 Å². The van der Waals surface area contributed by atoms with E-state index in [0.29, 0.717) is 11.8 Å². The number of allylic oxidation sites excluding steroid dienone is 4. The molecule has 178 valence electrons. The van der Waals surface area contributed by atoms with E-state index in [1.54, 1.807) is 16.9 Å². The molecular weight excluding hydrogens is 478 g/mol. The first kappa shape index (κ1) is 23.2. The van der Waals surface area contributed by atoms with Gasteiger partial charge in [0.1, 0.15) is 0 Å². The van der Waals surface area contributed by atoms with Crippen molar-refractivity contribution in [2.75, 3.05) is 0 Å². The number of hydrogen-bond donors (Lipinski definition) is 0. The first-order chi connectivity index (χ1) is 17.7. The zero-order valence-corrected chi connectivity index (χ0v) is 21.9. The normalized spacial score (nSPS) is 19.7. The van der Waals surface area contributed by atoms with E-state index in [1.165, 1.54) is 43.5 Å². The summed E-state index contributed by atoms with van der Waals surface area (Å²) in [5.74, 6) is 1.06. The minimum atomic E-state index is 0.494. The molecule has 3 aromatic carbocycles. The molecule has 0 fully saturated rings. The van der Waals surface area contributed by atoms with E-state index in [4.69, 9.17) is 11.6 Å². The molecule has 1 aromatic heterocycles. The van der Waals surface area contributed by atoms with Crippen LogP contribution in [0.15, 0.2) is 101 Å². The number of aliphatic imine (C=N–C) groups is 1. The highest BCUT2D eigenvalue weighted by Gasteiger charge is 2.28. The molecule has 1 nitrogen and oxygen atoms in total. The molecule has 3 heteroatoms. The van der Waals surface area contributed by atoms with Crippen molar-refractivity contribution in [3.05, 3.63) is 128 Å². The van der Waals surface area contributed by atoms with Crippen LogP contribution in [0, 0.1) is 5.92 Å². The fraction of sp³-hybridized carbons (Fsp3) is 0.182. The van der Waals surface area contributed by atoms with Gasteiger partial charge in [0, 0.05) is 34.7 Å². The number of halogens is 1. The smallest absolute Gasteiger partial charge is 0.0412 e. The molecular formula is C33H28ClNS. The van der Waals surface area contributed by atoms with Crippen molar-refractivity contribution in [1.29, 1.82) is 0 Å². The molecule has 0 saturated carbocycles. The highest BCUT2D eigenvalue weighted by molar-refractivity contribution is 7.11. The van der Waals surface area contributed by atoms with Gasteiger partial charge in [-0.05, 0) is 87.0 Å². The van der Waals surface area contributed by atoms with Gasteiger partial charge in [-0.15, -0.1) is 11.3 Å². The monoisotopic (exact) mass is 505 g/mol. The van der Waals surface area contributed by atoms with E-state index < -0.39 is 0 Å². The molecule has 2 aliphatic carbocycles. The van der Waals surface area contributed by atoms with Crippen LogP contribution >= 0.6 is 22.9 Å². The van der Waals surface area contributed by atoms with Gasteiger partial charge in [-0.3, -0.25) is 4.99 Å². The van der Waals surface area contributed by atoms with Gasteiger partial charge in [-0.2, -0.15) is 0 Å². The Morgan fingerprint density at radius 2 is 1.81 bits per heavy atom. The van der Waals surface area contributed by atoms with Gasteiger partial charge in [0.15, 0.2) is 0 Å². The van der Waals surface area contributed by atoms with Crippen LogP contribution in [-0.4, -0.2) is 6.21 Å². The highest BCUT2D eigenvalue weighted by Crippen LogP contribution is 2.45. The first-order valence-corrected chi connectivity index (χ1v) is 13.9. The Balaban J connectivity index is 0.000000200. The van der Waals surface area contributed by atoms with Crippen LogP contribution in [0.3, 0.4) is 0 Å². The van der Waals surface area contributed by atoms with Crippen LogP contribution < -0.4 is 0 Å². The van der Waals surface area contributed by atoms with Crippen LogP contribution in [-0.2, 0) is 12.8 Å². The molecule has 0 radical (unpaired) electrons. The van der Waals surface area contributed by atoms with E-state index in [1.807, 2.05) is 18.5 Å². The summed E-state index contributed by atoms with van der Waals surface area (Å²) in [6.07, 6.45) is 13.8. The van der Waals surface area contributed by atoms with Crippen LogP contribution in [0.1, 0.15) is 46.4 Å². The number of hydrogen-bond acceptors (Lipinski definition) is 2. The standard InChI is InChI=1S/C25H21Cl.C8H7NS/c1-16-13-25-22(11-8-18-7-10-20(26)15-24(18)25)21-12-9-19(14-23(16)21)17-5-3-2-4-6-17;1-4-9-5-2-8-7(1)3-6-10-8/h2-12,15-16,19H,13-14H2,1H3;2-6H,1H2. The van der Waals surface area contributed by atoms with E-state index >= 15 is 0 Å². The lowest BCUT2D eigenvalue weighted by Crippen LogP contribution is -2.18. The molecule has 1 aliphatic heterocycles. The fourth-order valence-corrected chi connectivity index (χ4v) is 6.63. The summed E-state index contributed by atoms with van der Waals surface area (Å²) in [5, 5.41) is 5.54. The largest absolute Gasteiger partial charge is 0.269 e. The summed E-state index contributed by atoms with van der Waals surface area (Å²) >= 11 is 8.07. The zero-order chi connectivity index (χ0) is 24.5. The number of nitrogens with zero attached hydrogens (tertiary/aromatic N) is 1. The number of fused-ring (bicyclic) bond motifs is 5. The molecule has 0 bridgehead atoms. The van der Waals surface area contributed by atoms with E-state index in [0.717, 1.165) is 24.3 Å². The van der Waals surface area contributed by atoms with E-state index in [2.05, 4.69) is 96.2 Å². The lowest BCUT2D eigenvalue weighted by molar-refractivity contribution is 0.614. The third-order valence-corrected chi connectivity index (χ3v) is 8.67. The lowest BCUT2D eigenvalue weighted by Gasteiger charge is -2.33. The van der Waals surface area contributed by atoms with Crippen molar-refractivity contribution in [2.45, 2.75) is 32.1 Å². The molecule has 0 amide bonds. The third kappa shape index (κ3) is 4.52. The van der Waals surface area contributed by atoms with Gasteiger partial charge in [-0.1, -0.05) is 84.8 Å². The van der Waals surface area contributed by atoms with Gasteiger partial charge >= 0.3 is 0 Å². The predicted molar refractivity (Wildman–Crippen MR) is 157 cm³/mol. The van der Waals surface area contributed by atoms with Crippen LogP contribution in [0.2, 0.25) is 5.02 Å². The lowest BCUT2D eigenvalue weighted by atomic mass is 9.71. The van der Waals surface area contributed by atoms with Crippen molar-refractivity contribution in [1.82, 2.24) is 0 Å². The van der Waals surface area contributed by atoms with E-state index in [-0.39, 0.29) is 0 Å². The molecule has 4 aromatic rings. The quantitative estimate of drug-likeness (QED) is 0.244. The van der Waals surface area contributed by atoms with Crippen LogP contribution in [0.4, 0.5) is 0 Å². The number of rotatable bonds is 1. The summed E-state index contributed by atoms with van der Waals surface area (Å²) in [5.41, 5.74) is 8.71. The second-order valence-corrected chi connectivity index (χ2v) is 11.1. The summed E-state index contributed by atoms with van der Waals surface area (Å²) in [6.45, 7) is 2.38. The SMILES string of the molecule is C1=Cc2sccc2CC=N1.CC1Cc2c(ccc3ccc(Cl)cc23)C2=C1CC(c1ccccc1)C=C2. The molecule has 36 heavy (non-hydrogen) atoms. The first-order valence-electron chi connectivity index (χ1n) is 12.6. The maximum Gasteiger partial charge on any atom is 0.0412 e. The predicted octanol–water partition coefficient (Wildman–Crippen LogP) is 9.53. The Kier molecular flexibility index (Phi) is 6.48. The summed E-state index contributed by atoms with van der Waals surface area (Å²) in [4.78, 5) is 5.40. The molecule has 2 unspecified atom stereocenters. The minimum Gasteiger partial charge on any atom is -0.269 e. The van der Waals surface area contributed by atoms with Crippen molar-refractivity contribution >= 4 is 51.6 Å². The Bertz CT molecular complexity index is 1540. The number of benzene rings is 3. The summed E-state index contributed by atoms with van der Waals surface area (Å²) in [6, 6.07) is 23.8.